The predicted octanol–water partition coefficient (Wildman–Crippen LogP) is 2.18. The number of carboxylic acids is 1. The van der Waals surface area contributed by atoms with Crippen LogP contribution < -0.4 is 4.72 Å². The molecule has 0 aliphatic rings. The number of nitrogens with zero attached hydrogens (tertiary/aromatic N) is 2. The number of hydrogen-bond donors (Lipinski definition) is 2. The topological polar surface area (TPSA) is 101 Å². The van der Waals surface area contributed by atoms with Gasteiger partial charge in [0.25, 0.3) is 10.0 Å². The van der Waals surface area contributed by atoms with Crippen LogP contribution >= 0.6 is 27.5 Å². The Kier molecular flexibility index (Phi) is 4.55. The van der Waals surface area contributed by atoms with E-state index in [-0.39, 0.29) is 10.6 Å². The maximum atomic E-state index is 12.1. The summed E-state index contributed by atoms with van der Waals surface area (Å²) in [4.78, 5) is 10.4. The highest BCUT2D eigenvalue weighted by atomic mass is 79.9. The molecule has 0 spiro atoms. The molecule has 1 heterocycles. The standard InChI is InChI=1S/C11H9BrClN3O4S/c12-9-2-1-7(3-10(9)13)15-21(19,20)8-4-14-16(5-8)6-11(17)18/h1-5,15H,6H2,(H,17,18). The van der Waals surface area contributed by atoms with E-state index in [9.17, 15) is 13.2 Å². The van der Waals surface area contributed by atoms with Gasteiger partial charge in [-0.05, 0) is 34.1 Å². The van der Waals surface area contributed by atoms with E-state index in [2.05, 4.69) is 25.8 Å². The highest BCUT2D eigenvalue weighted by molar-refractivity contribution is 9.10. The Morgan fingerprint density at radius 3 is 2.81 bits per heavy atom. The van der Waals surface area contributed by atoms with Gasteiger partial charge >= 0.3 is 5.97 Å². The summed E-state index contributed by atoms with van der Waals surface area (Å²) in [6, 6.07) is 4.59. The lowest BCUT2D eigenvalue weighted by molar-refractivity contribution is -0.137. The average molecular weight is 395 g/mol. The molecule has 10 heteroatoms. The van der Waals surface area contributed by atoms with Crippen LogP contribution in [0.5, 0.6) is 0 Å². The van der Waals surface area contributed by atoms with Gasteiger partial charge in [-0.2, -0.15) is 5.10 Å². The molecule has 1 aromatic heterocycles. The monoisotopic (exact) mass is 393 g/mol. The van der Waals surface area contributed by atoms with Gasteiger partial charge in [-0.1, -0.05) is 11.6 Å². The van der Waals surface area contributed by atoms with Crippen LogP contribution in [0.4, 0.5) is 5.69 Å². The van der Waals surface area contributed by atoms with E-state index in [0.29, 0.717) is 9.50 Å². The minimum Gasteiger partial charge on any atom is -0.480 e. The number of carboxylic acid groups (broad SMARTS) is 1. The summed E-state index contributed by atoms with van der Waals surface area (Å²) in [5.74, 6) is -1.12. The van der Waals surface area contributed by atoms with E-state index in [1.165, 1.54) is 12.1 Å². The molecule has 7 nitrogen and oxygen atoms in total. The van der Waals surface area contributed by atoms with Crippen LogP contribution in [0.2, 0.25) is 5.02 Å². The second-order valence-electron chi connectivity index (χ2n) is 4.00. The maximum Gasteiger partial charge on any atom is 0.325 e. The van der Waals surface area contributed by atoms with Gasteiger partial charge in [0.05, 0.1) is 16.9 Å². The molecular formula is C11H9BrClN3O4S. The minimum absolute atomic E-state index is 0.136. The average Bonchev–Trinajstić information content (AvgIpc) is 2.82. The van der Waals surface area contributed by atoms with Gasteiger partial charge in [0.2, 0.25) is 0 Å². The van der Waals surface area contributed by atoms with E-state index >= 15 is 0 Å². The Bertz CT molecular complexity index is 791. The summed E-state index contributed by atoms with van der Waals surface area (Å²) in [5.41, 5.74) is 0.286. The van der Waals surface area contributed by atoms with Crippen LogP contribution in [0.1, 0.15) is 0 Å². The third-order valence-corrected chi connectivity index (χ3v) is 4.96. The number of nitrogens with one attached hydrogen (secondary N) is 1. The van der Waals surface area contributed by atoms with E-state index in [0.717, 1.165) is 17.1 Å². The number of hydrogen-bond acceptors (Lipinski definition) is 4. The number of benzene rings is 1. The molecule has 2 aromatic rings. The largest absolute Gasteiger partial charge is 0.480 e. The minimum atomic E-state index is -3.86. The van der Waals surface area contributed by atoms with Crippen molar-refractivity contribution in [2.24, 2.45) is 0 Å². The normalized spacial score (nSPS) is 11.3. The Balaban J connectivity index is 2.23. The Labute approximate surface area is 133 Å². The summed E-state index contributed by atoms with van der Waals surface area (Å²) >= 11 is 9.09. The Morgan fingerprint density at radius 2 is 2.19 bits per heavy atom. The molecule has 112 valence electrons. The van der Waals surface area contributed by atoms with Crippen molar-refractivity contribution in [1.29, 1.82) is 0 Å². The fourth-order valence-corrected chi connectivity index (χ4v) is 2.91. The van der Waals surface area contributed by atoms with E-state index in [4.69, 9.17) is 16.7 Å². The third-order valence-electron chi connectivity index (χ3n) is 2.39. The van der Waals surface area contributed by atoms with Crippen LogP contribution in [-0.4, -0.2) is 29.3 Å². The van der Waals surface area contributed by atoms with Gasteiger partial charge in [0.15, 0.2) is 0 Å². The van der Waals surface area contributed by atoms with Crippen molar-refractivity contribution in [3.05, 3.63) is 40.1 Å². The first-order chi connectivity index (χ1) is 9.78. The van der Waals surface area contributed by atoms with Crippen LogP contribution in [-0.2, 0) is 21.4 Å². The molecule has 0 saturated carbocycles. The summed E-state index contributed by atoms with van der Waals surface area (Å²) in [5, 5.41) is 12.7. The lowest BCUT2D eigenvalue weighted by atomic mass is 10.3. The van der Waals surface area contributed by atoms with Crippen molar-refractivity contribution in [3.63, 3.8) is 0 Å². The number of carbonyl (C=O) groups is 1. The van der Waals surface area contributed by atoms with E-state index in [1.54, 1.807) is 6.07 Å². The smallest absolute Gasteiger partial charge is 0.325 e. The van der Waals surface area contributed by atoms with Crippen molar-refractivity contribution >= 4 is 49.2 Å². The van der Waals surface area contributed by atoms with Gasteiger partial charge in [-0.15, -0.1) is 0 Å². The lowest BCUT2D eigenvalue weighted by Gasteiger charge is -2.07. The van der Waals surface area contributed by atoms with Crippen LogP contribution in [0.3, 0.4) is 0 Å². The molecule has 21 heavy (non-hydrogen) atoms. The molecule has 0 fully saturated rings. The quantitative estimate of drug-likeness (QED) is 0.809. The van der Waals surface area contributed by atoms with Gasteiger partial charge in [0.1, 0.15) is 11.4 Å². The zero-order valence-electron chi connectivity index (χ0n) is 10.3. The van der Waals surface area contributed by atoms with Crippen molar-refractivity contribution in [2.75, 3.05) is 4.72 Å². The lowest BCUT2D eigenvalue weighted by Crippen LogP contribution is -2.13. The number of rotatable bonds is 5. The summed E-state index contributed by atoms with van der Waals surface area (Å²) < 4.78 is 28.3. The number of halogens is 2. The summed E-state index contributed by atoms with van der Waals surface area (Å²) in [6.45, 7) is -0.417. The second-order valence-corrected chi connectivity index (χ2v) is 6.95. The molecule has 0 bridgehead atoms. The molecular weight excluding hydrogens is 386 g/mol. The van der Waals surface area contributed by atoms with Crippen molar-refractivity contribution in [3.8, 4) is 0 Å². The van der Waals surface area contributed by atoms with Gasteiger partial charge in [-0.25, -0.2) is 8.42 Å². The zero-order chi connectivity index (χ0) is 15.6. The Hall–Kier alpha value is -1.58. The first-order valence-electron chi connectivity index (χ1n) is 5.50. The maximum absolute atomic E-state index is 12.1. The summed E-state index contributed by atoms with van der Waals surface area (Å²) in [6.07, 6.45) is 2.21. The second kappa shape index (κ2) is 6.04. The molecule has 0 atom stereocenters. The molecule has 2 N–H and O–H groups in total. The first kappa shape index (κ1) is 15.8. The van der Waals surface area contributed by atoms with Gasteiger partial charge in [-0.3, -0.25) is 14.2 Å². The number of aromatic nitrogens is 2. The molecule has 1 aromatic carbocycles. The van der Waals surface area contributed by atoms with Crippen molar-refractivity contribution < 1.29 is 18.3 Å². The molecule has 0 saturated heterocycles. The molecule has 0 aliphatic carbocycles. The van der Waals surface area contributed by atoms with Gasteiger partial charge < -0.3 is 5.11 Å². The van der Waals surface area contributed by atoms with E-state index < -0.39 is 22.5 Å². The summed E-state index contributed by atoms with van der Waals surface area (Å²) in [7, 11) is -3.86. The predicted molar refractivity (Wildman–Crippen MR) is 79.8 cm³/mol. The van der Waals surface area contributed by atoms with Crippen molar-refractivity contribution in [1.82, 2.24) is 9.78 Å². The number of sulfonamides is 1. The number of aliphatic carboxylic acids is 1. The van der Waals surface area contributed by atoms with Gasteiger partial charge in [0, 0.05) is 10.7 Å². The molecule has 2 rings (SSSR count). The van der Waals surface area contributed by atoms with Crippen molar-refractivity contribution in [2.45, 2.75) is 11.4 Å². The molecule has 0 unspecified atom stereocenters. The Morgan fingerprint density at radius 1 is 1.48 bits per heavy atom. The van der Waals surface area contributed by atoms with Crippen LogP contribution in [0.15, 0.2) is 40.0 Å². The number of anilines is 1. The highest BCUT2D eigenvalue weighted by Crippen LogP contribution is 2.26. The third kappa shape index (κ3) is 3.96. The molecule has 0 radical (unpaired) electrons. The SMILES string of the molecule is O=C(O)Cn1cc(S(=O)(=O)Nc2ccc(Br)c(Cl)c2)cn1. The highest BCUT2D eigenvalue weighted by Gasteiger charge is 2.17. The van der Waals surface area contributed by atoms with E-state index in [1.807, 2.05) is 0 Å². The van der Waals surface area contributed by atoms with Crippen LogP contribution in [0.25, 0.3) is 0 Å². The molecule has 0 amide bonds. The first-order valence-corrected chi connectivity index (χ1v) is 8.15. The fourth-order valence-electron chi connectivity index (χ4n) is 1.48. The van der Waals surface area contributed by atoms with Crippen LogP contribution in [0, 0.1) is 0 Å². The molecule has 0 aliphatic heterocycles. The zero-order valence-corrected chi connectivity index (χ0v) is 13.5. The fraction of sp³-hybridized carbons (Fsp3) is 0.0909.